The Balaban J connectivity index is 1.03. The zero-order valence-corrected chi connectivity index (χ0v) is 48.8. The van der Waals surface area contributed by atoms with E-state index >= 15 is 0 Å². The highest BCUT2D eigenvalue weighted by atomic mass is 14.4. The molecular formula is C87H62. The van der Waals surface area contributed by atoms with E-state index < -0.39 is 5.41 Å². The SMILES string of the molecule is CC1(C)c2cc(-c3c(-c4ccccc4)c(-c4ccccc4)c(-c4ccccc4)c(-c4ccccc4)c3-c3ccccc3)ccc2-c2ccc(-c3c(-c4ccccc4)c(-c4ccccc4)c(-c4ccccc4)c(-c4ccccc4)c3-c3ccccc3)cc21. The summed E-state index contributed by atoms with van der Waals surface area (Å²) in [4.78, 5) is 0. The van der Waals surface area contributed by atoms with Crippen molar-refractivity contribution in [1.29, 1.82) is 0 Å². The number of fused-ring (bicyclic) bond motifs is 3. The van der Waals surface area contributed by atoms with Crippen LogP contribution in [0.4, 0.5) is 0 Å². The van der Waals surface area contributed by atoms with Gasteiger partial charge in [-0.2, -0.15) is 0 Å². The minimum absolute atomic E-state index is 0.417. The van der Waals surface area contributed by atoms with Crippen molar-refractivity contribution in [3.8, 4) is 145 Å². The highest BCUT2D eigenvalue weighted by Gasteiger charge is 2.38. The fraction of sp³-hybridized carbons (Fsp3) is 0.0345. The monoisotopic (exact) mass is 1110 g/mol. The summed E-state index contributed by atoms with van der Waals surface area (Å²) >= 11 is 0. The van der Waals surface area contributed by atoms with Crippen LogP contribution in [0.1, 0.15) is 25.0 Å². The minimum Gasteiger partial charge on any atom is -0.0622 e. The first kappa shape index (κ1) is 52.9. The summed E-state index contributed by atoms with van der Waals surface area (Å²) in [6, 6.07) is 126. The summed E-state index contributed by atoms with van der Waals surface area (Å²) in [6.07, 6.45) is 0. The quantitative estimate of drug-likeness (QED) is 0.114. The summed E-state index contributed by atoms with van der Waals surface area (Å²) in [5.74, 6) is 0. The molecule has 1 aliphatic carbocycles. The van der Waals surface area contributed by atoms with E-state index in [4.69, 9.17) is 0 Å². The molecular weight excluding hydrogens is 1040 g/mol. The van der Waals surface area contributed by atoms with Crippen LogP contribution in [0.3, 0.4) is 0 Å². The summed E-state index contributed by atoms with van der Waals surface area (Å²) in [5, 5.41) is 0. The lowest BCUT2D eigenvalue weighted by Gasteiger charge is -2.30. The molecule has 0 aromatic heterocycles. The van der Waals surface area contributed by atoms with Crippen LogP contribution in [0.15, 0.2) is 340 Å². The second-order valence-corrected chi connectivity index (χ2v) is 23.3. The molecule has 0 spiro atoms. The Morgan fingerprint density at radius 2 is 0.287 bits per heavy atom. The highest BCUT2D eigenvalue weighted by molar-refractivity contribution is 6.17. The Hall–Kier alpha value is -10.9. The topological polar surface area (TPSA) is 0 Å². The molecule has 0 heterocycles. The van der Waals surface area contributed by atoms with E-state index in [1.54, 1.807) is 0 Å². The molecule has 0 heteroatoms. The number of hydrogen-bond donors (Lipinski definition) is 0. The van der Waals surface area contributed by atoms with Gasteiger partial charge in [-0.15, -0.1) is 0 Å². The Bertz CT molecular complexity index is 4250. The molecule has 0 atom stereocenters. The number of benzene rings is 14. The Morgan fingerprint density at radius 3 is 0.437 bits per heavy atom. The zero-order chi connectivity index (χ0) is 58.3. The van der Waals surface area contributed by atoms with Crippen LogP contribution >= 0.6 is 0 Å². The van der Waals surface area contributed by atoms with E-state index in [0.717, 1.165) is 0 Å². The lowest BCUT2D eigenvalue weighted by molar-refractivity contribution is 0.661. The van der Waals surface area contributed by atoms with Gasteiger partial charge in [0.2, 0.25) is 0 Å². The second-order valence-electron chi connectivity index (χ2n) is 23.3. The van der Waals surface area contributed by atoms with Crippen LogP contribution in [-0.4, -0.2) is 0 Å². The summed E-state index contributed by atoms with van der Waals surface area (Å²) in [6.45, 7) is 4.90. The molecule has 0 radical (unpaired) electrons. The average molecular weight is 1110 g/mol. The van der Waals surface area contributed by atoms with Gasteiger partial charge in [0.25, 0.3) is 0 Å². The third-order valence-electron chi connectivity index (χ3n) is 17.9. The van der Waals surface area contributed by atoms with E-state index in [0.29, 0.717) is 0 Å². The molecule has 0 bridgehead atoms. The summed E-state index contributed by atoms with van der Waals surface area (Å²) < 4.78 is 0. The standard InChI is InChI=1S/C87H62/c1-87(2)73-57-69(85-81(65-45-25-9-26-46-65)77(61-37-17-5-18-38-61)75(59-33-13-3-14-34-59)78(62-39-19-6-20-40-62)82(85)66-47-27-10-28-48-66)53-55-71(73)72-56-54-70(58-74(72)87)86-83(67-49-29-11-30-50-67)79(63-41-21-7-22-42-63)76(60-35-15-4-16-36-60)80(64-43-23-8-24-44-64)84(86)68-51-31-12-32-52-68/h3-58H,1-2H3. The van der Waals surface area contributed by atoms with Crippen LogP contribution in [0, 0.1) is 0 Å². The van der Waals surface area contributed by atoms with Crippen molar-refractivity contribution in [2.24, 2.45) is 0 Å². The maximum atomic E-state index is 2.55. The lowest BCUT2D eigenvalue weighted by Crippen LogP contribution is -2.15. The normalized spacial score (nSPS) is 12.1. The van der Waals surface area contributed by atoms with Gasteiger partial charge < -0.3 is 0 Å². The van der Waals surface area contributed by atoms with E-state index in [1.165, 1.54) is 156 Å². The van der Waals surface area contributed by atoms with E-state index in [2.05, 4.69) is 354 Å². The van der Waals surface area contributed by atoms with Crippen molar-refractivity contribution >= 4 is 0 Å². The first-order chi connectivity index (χ1) is 43.0. The molecule has 0 N–H and O–H groups in total. The zero-order valence-electron chi connectivity index (χ0n) is 48.8. The summed E-state index contributed by atoms with van der Waals surface area (Å²) in [5.41, 5.74) is 33.3. The molecule has 0 saturated heterocycles. The molecule has 14 aromatic carbocycles. The molecule has 0 amide bonds. The molecule has 0 aliphatic heterocycles. The average Bonchev–Trinajstić information content (AvgIpc) is 1.72. The molecule has 0 unspecified atom stereocenters. The first-order valence-electron chi connectivity index (χ1n) is 30.3. The summed E-state index contributed by atoms with van der Waals surface area (Å²) in [7, 11) is 0. The van der Waals surface area contributed by atoms with Crippen LogP contribution in [0.5, 0.6) is 0 Å². The van der Waals surface area contributed by atoms with Crippen molar-refractivity contribution in [3.05, 3.63) is 351 Å². The van der Waals surface area contributed by atoms with Crippen molar-refractivity contribution in [3.63, 3.8) is 0 Å². The van der Waals surface area contributed by atoms with Gasteiger partial charge in [-0.3, -0.25) is 0 Å². The van der Waals surface area contributed by atoms with Gasteiger partial charge in [0.1, 0.15) is 0 Å². The smallest absolute Gasteiger partial charge is 0.0159 e. The Kier molecular flexibility index (Phi) is 13.7. The van der Waals surface area contributed by atoms with Gasteiger partial charge in [-0.05, 0) is 168 Å². The van der Waals surface area contributed by atoms with Gasteiger partial charge >= 0.3 is 0 Å². The first-order valence-corrected chi connectivity index (χ1v) is 30.3. The number of hydrogen-bond acceptors (Lipinski definition) is 0. The molecule has 1 aliphatic rings. The highest BCUT2D eigenvalue weighted by Crippen LogP contribution is 2.60. The van der Waals surface area contributed by atoms with Crippen molar-refractivity contribution < 1.29 is 0 Å². The predicted octanol–water partition coefficient (Wildman–Crippen LogP) is 24.0. The van der Waals surface area contributed by atoms with Crippen LogP contribution in [0.25, 0.3) is 145 Å². The Labute approximate surface area is 511 Å². The largest absolute Gasteiger partial charge is 0.0622 e. The molecule has 15 rings (SSSR count). The lowest BCUT2D eigenvalue weighted by atomic mass is 9.73. The minimum atomic E-state index is -0.417. The second kappa shape index (κ2) is 22.6. The fourth-order valence-electron chi connectivity index (χ4n) is 14.1. The third-order valence-corrected chi connectivity index (χ3v) is 17.9. The predicted molar refractivity (Wildman–Crippen MR) is 369 cm³/mol. The molecule has 0 saturated carbocycles. The molecule has 410 valence electrons. The van der Waals surface area contributed by atoms with Gasteiger partial charge in [0.05, 0.1) is 0 Å². The van der Waals surface area contributed by atoms with Crippen molar-refractivity contribution in [2.45, 2.75) is 19.3 Å². The number of rotatable bonds is 12. The van der Waals surface area contributed by atoms with Gasteiger partial charge in [0, 0.05) is 5.41 Å². The van der Waals surface area contributed by atoms with Crippen molar-refractivity contribution in [1.82, 2.24) is 0 Å². The third kappa shape index (κ3) is 9.35. The van der Waals surface area contributed by atoms with Gasteiger partial charge in [0.15, 0.2) is 0 Å². The Morgan fingerprint density at radius 1 is 0.149 bits per heavy atom. The van der Waals surface area contributed by atoms with Crippen LogP contribution in [0.2, 0.25) is 0 Å². The maximum Gasteiger partial charge on any atom is 0.0159 e. The van der Waals surface area contributed by atoms with Gasteiger partial charge in [-0.1, -0.05) is 341 Å². The molecule has 0 fully saturated rings. The van der Waals surface area contributed by atoms with Crippen LogP contribution in [-0.2, 0) is 5.41 Å². The van der Waals surface area contributed by atoms with E-state index in [1.807, 2.05) is 0 Å². The molecule has 14 aromatic rings. The van der Waals surface area contributed by atoms with Crippen molar-refractivity contribution in [2.75, 3.05) is 0 Å². The van der Waals surface area contributed by atoms with E-state index in [-0.39, 0.29) is 0 Å². The van der Waals surface area contributed by atoms with Gasteiger partial charge in [-0.25, -0.2) is 0 Å². The molecule has 87 heavy (non-hydrogen) atoms. The maximum absolute atomic E-state index is 2.55. The fourth-order valence-corrected chi connectivity index (χ4v) is 14.1. The van der Waals surface area contributed by atoms with E-state index in [9.17, 15) is 0 Å². The molecule has 0 nitrogen and oxygen atoms in total. The van der Waals surface area contributed by atoms with Crippen LogP contribution < -0.4 is 0 Å².